The molecule has 0 spiro atoms. The lowest BCUT2D eigenvalue weighted by molar-refractivity contribution is -0.136. The molecule has 1 unspecified atom stereocenters. The van der Waals surface area contributed by atoms with Crippen molar-refractivity contribution in [1.29, 1.82) is 0 Å². The van der Waals surface area contributed by atoms with Gasteiger partial charge in [-0.25, -0.2) is 0 Å². The van der Waals surface area contributed by atoms with E-state index in [2.05, 4.69) is 0 Å². The second-order valence-corrected chi connectivity index (χ2v) is 2.32. The highest BCUT2D eigenvalue weighted by atomic mass is 35.5. The number of hydrogen-bond acceptors (Lipinski definition) is 1. The first kappa shape index (κ1) is 13.6. The maximum absolute atomic E-state index is 11.5. The number of rotatable bonds is 3. The Morgan fingerprint density at radius 3 is 2.09 bits per heavy atom. The van der Waals surface area contributed by atoms with E-state index in [-0.39, 0.29) is 24.9 Å². The molecule has 0 saturated carbocycles. The molecule has 0 heterocycles. The molecule has 0 saturated heterocycles. The van der Waals surface area contributed by atoms with Crippen LogP contribution >= 0.6 is 12.4 Å². The van der Waals surface area contributed by atoms with Crippen LogP contribution in [0.4, 0.5) is 13.2 Å². The number of alkyl halides is 3. The van der Waals surface area contributed by atoms with Crippen molar-refractivity contribution >= 4 is 12.4 Å². The highest BCUT2D eigenvalue weighted by Crippen LogP contribution is 2.22. The van der Waals surface area contributed by atoms with E-state index in [4.69, 9.17) is 5.73 Å². The Kier molecular flexibility index (Phi) is 7.01. The zero-order chi connectivity index (χ0) is 8.20. The molecule has 1 atom stereocenters. The fourth-order valence-corrected chi connectivity index (χ4v) is 0.553. The molecular formula is C6H13ClF3N. The molecule has 70 valence electrons. The van der Waals surface area contributed by atoms with Gasteiger partial charge in [0.1, 0.15) is 0 Å². The van der Waals surface area contributed by atoms with Crippen LogP contribution in [0.15, 0.2) is 0 Å². The third kappa shape index (κ3) is 10.0. The van der Waals surface area contributed by atoms with E-state index in [0.717, 1.165) is 0 Å². The van der Waals surface area contributed by atoms with Gasteiger partial charge in [-0.2, -0.15) is 13.2 Å². The molecule has 5 heteroatoms. The topological polar surface area (TPSA) is 26.0 Å². The van der Waals surface area contributed by atoms with Gasteiger partial charge in [-0.3, -0.25) is 0 Å². The molecule has 0 aliphatic rings. The molecule has 0 aromatic carbocycles. The summed E-state index contributed by atoms with van der Waals surface area (Å²) in [5.41, 5.74) is 5.28. The van der Waals surface area contributed by atoms with E-state index in [9.17, 15) is 13.2 Å². The lowest BCUT2D eigenvalue weighted by Gasteiger charge is -2.09. The number of halogens is 4. The quantitative estimate of drug-likeness (QED) is 0.729. The standard InChI is InChI=1S/C6H12F3N.ClH/c1-2-5(10)3-4-6(7,8)9;/h5H,2-4,10H2,1H3;1H. The van der Waals surface area contributed by atoms with Gasteiger partial charge in [0.25, 0.3) is 0 Å². The third-order valence-electron chi connectivity index (χ3n) is 1.32. The molecule has 0 aromatic rings. The summed E-state index contributed by atoms with van der Waals surface area (Å²) in [5, 5.41) is 0. The van der Waals surface area contributed by atoms with Gasteiger partial charge in [0, 0.05) is 12.5 Å². The molecule has 0 amide bonds. The Balaban J connectivity index is 0. The first-order valence-electron chi connectivity index (χ1n) is 3.28. The van der Waals surface area contributed by atoms with Crippen LogP contribution < -0.4 is 5.73 Å². The normalized spacial score (nSPS) is 13.9. The summed E-state index contributed by atoms with van der Waals surface area (Å²) >= 11 is 0. The highest BCUT2D eigenvalue weighted by Gasteiger charge is 2.26. The summed E-state index contributed by atoms with van der Waals surface area (Å²) in [6, 6.07) is -0.304. The van der Waals surface area contributed by atoms with E-state index in [0.29, 0.717) is 6.42 Å². The molecule has 0 rings (SSSR count). The van der Waals surface area contributed by atoms with Gasteiger partial charge >= 0.3 is 6.18 Å². The van der Waals surface area contributed by atoms with E-state index in [1.807, 2.05) is 0 Å². The number of nitrogens with two attached hydrogens (primary N) is 1. The molecular weight excluding hydrogens is 179 g/mol. The first-order valence-corrected chi connectivity index (χ1v) is 3.28. The van der Waals surface area contributed by atoms with E-state index in [1.54, 1.807) is 6.92 Å². The molecule has 2 N–H and O–H groups in total. The summed E-state index contributed by atoms with van der Waals surface area (Å²) in [6.45, 7) is 1.78. The summed E-state index contributed by atoms with van der Waals surface area (Å²) in [6.07, 6.45) is -4.16. The van der Waals surface area contributed by atoms with Crippen LogP contribution in [0.1, 0.15) is 26.2 Å². The molecule has 0 bridgehead atoms. The van der Waals surface area contributed by atoms with Crippen LogP contribution in [0.5, 0.6) is 0 Å². The van der Waals surface area contributed by atoms with Crippen LogP contribution in [-0.2, 0) is 0 Å². The summed E-state index contributed by atoms with van der Waals surface area (Å²) < 4.78 is 34.5. The van der Waals surface area contributed by atoms with Gasteiger partial charge in [-0.05, 0) is 12.8 Å². The average molecular weight is 192 g/mol. The van der Waals surface area contributed by atoms with Gasteiger partial charge in [0.15, 0.2) is 0 Å². The maximum atomic E-state index is 11.5. The van der Waals surface area contributed by atoms with Crippen molar-refractivity contribution in [2.75, 3.05) is 0 Å². The number of hydrogen-bond donors (Lipinski definition) is 1. The third-order valence-corrected chi connectivity index (χ3v) is 1.32. The predicted molar refractivity (Wildman–Crippen MR) is 40.8 cm³/mol. The minimum atomic E-state index is -4.05. The summed E-state index contributed by atoms with van der Waals surface area (Å²) in [7, 11) is 0. The zero-order valence-electron chi connectivity index (χ0n) is 6.32. The zero-order valence-corrected chi connectivity index (χ0v) is 7.13. The molecule has 0 aliphatic carbocycles. The molecule has 0 aliphatic heterocycles. The minimum absolute atomic E-state index is 0. The van der Waals surface area contributed by atoms with Gasteiger partial charge in [-0.15, -0.1) is 12.4 Å². The van der Waals surface area contributed by atoms with E-state index < -0.39 is 12.6 Å². The molecule has 0 radical (unpaired) electrons. The largest absolute Gasteiger partial charge is 0.389 e. The van der Waals surface area contributed by atoms with Crippen LogP contribution in [0, 0.1) is 0 Å². The Labute approximate surface area is 70.6 Å². The Morgan fingerprint density at radius 2 is 1.82 bits per heavy atom. The lowest BCUT2D eigenvalue weighted by Crippen LogP contribution is -2.21. The molecule has 0 aromatic heterocycles. The Hall–Kier alpha value is 0.0400. The van der Waals surface area contributed by atoms with Crippen molar-refractivity contribution < 1.29 is 13.2 Å². The summed E-state index contributed by atoms with van der Waals surface area (Å²) in [5.74, 6) is 0. The van der Waals surface area contributed by atoms with Crippen molar-refractivity contribution in [1.82, 2.24) is 0 Å². The highest BCUT2D eigenvalue weighted by molar-refractivity contribution is 5.85. The lowest BCUT2D eigenvalue weighted by atomic mass is 10.1. The van der Waals surface area contributed by atoms with Crippen LogP contribution in [0.3, 0.4) is 0 Å². The molecule has 0 fully saturated rings. The monoisotopic (exact) mass is 191 g/mol. The van der Waals surface area contributed by atoms with Crippen molar-refractivity contribution in [3.8, 4) is 0 Å². The van der Waals surface area contributed by atoms with Gasteiger partial charge in [0.05, 0.1) is 0 Å². The first-order chi connectivity index (χ1) is 4.45. The summed E-state index contributed by atoms with van der Waals surface area (Å²) in [4.78, 5) is 0. The van der Waals surface area contributed by atoms with Crippen molar-refractivity contribution in [3.63, 3.8) is 0 Å². The van der Waals surface area contributed by atoms with Crippen LogP contribution in [-0.4, -0.2) is 12.2 Å². The second-order valence-electron chi connectivity index (χ2n) is 2.32. The maximum Gasteiger partial charge on any atom is 0.389 e. The predicted octanol–water partition coefficient (Wildman–Crippen LogP) is 2.49. The second kappa shape index (κ2) is 5.66. The van der Waals surface area contributed by atoms with Crippen molar-refractivity contribution in [2.45, 2.75) is 38.4 Å². The smallest absolute Gasteiger partial charge is 0.328 e. The van der Waals surface area contributed by atoms with Gasteiger partial charge in [-0.1, -0.05) is 6.92 Å². The fraction of sp³-hybridized carbons (Fsp3) is 1.00. The molecule has 11 heavy (non-hydrogen) atoms. The minimum Gasteiger partial charge on any atom is -0.328 e. The van der Waals surface area contributed by atoms with Crippen LogP contribution in [0.25, 0.3) is 0 Å². The van der Waals surface area contributed by atoms with E-state index >= 15 is 0 Å². The Morgan fingerprint density at radius 1 is 1.36 bits per heavy atom. The van der Waals surface area contributed by atoms with Gasteiger partial charge < -0.3 is 5.73 Å². The fourth-order valence-electron chi connectivity index (χ4n) is 0.553. The molecule has 1 nitrogen and oxygen atoms in total. The van der Waals surface area contributed by atoms with Crippen molar-refractivity contribution in [2.24, 2.45) is 5.73 Å². The van der Waals surface area contributed by atoms with Gasteiger partial charge in [0.2, 0.25) is 0 Å². The van der Waals surface area contributed by atoms with Crippen LogP contribution in [0.2, 0.25) is 0 Å². The van der Waals surface area contributed by atoms with E-state index in [1.165, 1.54) is 0 Å². The van der Waals surface area contributed by atoms with Crippen molar-refractivity contribution in [3.05, 3.63) is 0 Å². The SMILES string of the molecule is CCC(N)CCC(F)(F)F.Cl. The Bertz CT molecular complexity index is 94.3. The average Bonchev–Trinajstić information content (AvgIpc) is 1.81.